The van der Waals surface area contributed by atoms with E-state index in [1.165, 1.54) is 24.5 Å². The third-order valence-corrected chi connectivity index (χ3v) is 3.35. The van der Waals surface area contributed by atoms with Crippen molar-refractivity contribution in [3.05, 3.63) is 47.9 Å². The van der Waals surface area contributed by atoms with Crippen molar-refractivity contribution in [3.63, 3.8) is 0 Å². The number of carbonyl (C=O) groups excluding carboxylic acids is 1. The van der Waals surface area contributed by atoms with E-state index in [2.05, 4.69) is 5.32 Å². The van der Waals surface area contributed by atoms with E-state index in [1.807, 2.05) is 0 Å². The third kappa shape index (κ3) is 2.82. The highest BCUT2D eigenvalue weighted by Crippen LogP contribution is 2.23. The van der Waals surface area contributed by atoms with Gasteiger partial charge in [0.05, 0.1) is 12.0 Å². The Morgan fingerprint density at radius 2 is 1.95 bits per heavy atom. The van der Waals surface area contributed by atoms with Crippen LogP contribution in [0.3, 0.4) is 0 Å². The van der Waals surface area contributed by atoms with Crippen molar-refractivity contribution in [2.45, 2.75) is 11.8 Å². The first-order valence-electron chi connectivity index (χ1n) is 5.29. The average Bonchev–Trinajstić information content (AvgIpc) is 2.75. The summed E-state index contributed by atoms with van der Waals surface area (Å²) in [5.74, 6) is -0.593. The number of halogens is 1. The van der Waals surface area contributed by atoms with Crippen LogP contribution in [0, 0.1) is 6.92 Å². The minimum Gasteiger partial charge on any atom is -0.459 e. The summed E-state index contributed by atoms with van der Waals surface area (Å²) in [5, 5.41) is 2.31. The number of furan rings is 1. The Balaban J connectivity index is 2.35. The number of hydrogen-bond donors (Lipinski definition) is 1. The number of rotatable bonds is 3. The van der Waals surface area contributed by atoms with E-state index in [9.17, 15) is 17.1 Å². The number of para-hydroxylation sites is 1. The molecule has 2 aromatic rings. The topological polar surface area (TPSA) is 76.4 Å². The highest BCUT2D eigenvalue weighted by atomic mass is 32.3. The molecule has 1 heterocycles. The molecule has 0 spiro atoms. The molecule has 0 aliphatic carbocycles. The Morgan fingerprint density at radius 1 is 1.26 bits per heavy atom. The lowest BCUT2D eigenvalue weighted by molar-refractivity contribution is 0.0995. The van der Waals surface area contributed by atoms with Gasteiger partial charge in [-0.25, -0.2) is 0 Å². The molecule has 5 nitrogen and oxygen atoms in total. The van der Waals surface area contributed by atoms with Gasteiger partial charge in [0.25, 0.3) is 5.91 Å². The summed E-state index contributed by atoms with van der Waals surface area (Å²) in [5.41, 5.74) is 0.462. The van der Waals surface area contributed by atoms with Crippen molar-refractivity contribution in [1.82, 2.24) is 0 Å². The van der Waals surface area contributed by atoms with Crippen molar-refractivity contribution in [1.29, 1.82) is 0 Å². The van der Waals surface area contributed by atoms with Crippen LogP contribution in [0.4, 0.5) is 9.57 Å². The average molecular weight is 283 g/mol. The number of benzene rings is 1. The fraction of sp³-hybridized carbons (Fsp3) is 0.0833. The Kier molecular flexibility index (Phi) is 3.39. The van der Waals surface area contributed by atoms with E-state index < -0.39 is 21.0 Å². The molecule has 0 bridgehead atoms. The minimum absolute atomic E-state index is 0.0473. The summed E-state index contributed by atoms with van der Waals surface area (Å²) in [7, 11) is -4.90. The molecule has 0 saturated carbocycles. The molecular weight excluding hydrogens is 273 g/mol. The number of aryl methyl sites for hydroxylation is 1. The molecule has 0 radical (unpaired) electrons. The number of anilines is 1. The predicted molar refractivity (Wildman–Crippen MR) is 66.1 cm³/mol. The quantitative estimate of drug-likeness (QED) is 0.878. The van der Waals surface area contributed by atoms with E-state index in [4.69, 9.17) is 4.42 Å². The lowest BCUT2D eigenvalue weighted by Gasteiger charge is -2.07. The molecule has 1 N–H and O–H groups in total. The zero-order valence-electron chi connectivity index (χ0n) is 9.88. The normalized spacial score (nSPS) is 11.3. The van der Waals surface area contributed by atoms with Gasteiger partial charge in [0.15, 0.2) is 5.76 Å². The van der Waals surface area contributed by atoms with Crippen molar-refractivity contribution in [3.8, 4) is 0 Å². The molecule has 1 amide bonds. The lowest BCUT2D eigenvalue weighted by Crippen LogP contribution is -2.14. The van der Waals surface area contributed by atoms with Gasteiger partial charge in [0, 0.05) is 5.56 Å². The third-order valence-electron chi connectivity index (χ3n) is 2.47. The van der Waals surface area contributed by atoms with Gasteiger partial charge in [-0.1, -0.05) is 12.1 Å². The second-order valence-corrected chi connectivity index (χ2v) is 5.14. The molecule has 19 heavy (non-hydrogen) atoms. The summed E-state index contributed by atoms with van der Waals surface area (Å²) in [6.07, 6.45) is 1.34. The van der Waals surface area contributed by atoms with Gasteiger partial charge in [-0.15, -0.1) is 3.89 Å². The van der Waals surface area contributed by atoms with Gasteiger partial charge in [0.2, 0.25) is 0 Å². The molecule has 0 aliphatic heterocycles. The fourth-order valence-corrected chi connectivity index (χ4v) is 2.19. The maximum absolute atomic E-state index is 13.1. The van der Waals surface area contributed by atoms with E-state index in [0.29, 0.717) is 5.56 Å². The molecule has 100 valence electrons. The first-order chi connectivity index (χ1) is 8.89. The maximum Gasteiger partial charge on any atom is 0.334 e. The van der Waals surface area contributed by atoms with Gasteiger partial charge < -0.3 is 9.73 Å². The zero-order valence-corrected chi connectivity index (χ0v) is 10.7. The van der Waals surface area contributed by atoms with Crippen LogP contribution < -0.4 is 5.32 Å². The van der Waals surface area contributed by atoms with Gasteiger partial charge in [-0.3, -0.25) is 4.79 Å². The highest BCUT2D eigenvalue weighted by Gasteiger charge is 2.20. The summed E-state index contributed by atoms with van der Waals surface area (Å²) in [6, 6.07) is 6.80. The maximum atomic E-state index is 13.1. The van der Waals surface area contributed by atoms with Crippen molar-refractivity contribution < 1.29 is 21.5 Å². The van der Waals surface area contributed by atoms with Crippen LogP contribution >= 0.6 is 0 Å². The SMILES string of the molecule is Cc1ccoc1C(=O)Nc1ccccc1S(=O)(=O)F. The van der Waals surface area contributed by atoms with Crippen LogP contribution in [-0.2, 0) is 10.2 Å². The Hall–Kier alpha value is -2.15. The Morgan fingerprint density at radius 3 is 2.53 bits per heavy atom. The first kappa shape index (κ1) is 13.3. The molecule has 1 aromatic heterocycles. The molecule has 0 fully saturated rings. The molecule has 0 saturated heterocycles. The van der Waals surface area contributed by atoms with Crippen LogP contribution in [0.15, 0.2) is 45.9 Å². The zero-order chi connectivity index (χ0) is 14.0. The summed E-state index contributed by atoms with van der Waals surface area (Å²) >= 11 is 0. The van der Waals surface area contributed by atoms with Crippen LogP contribution in [-0.4, -0.2) is 14.3 Å². The number of carbonyl (C=O) groups is 1. The van der Waals surface area contributed by atoms with Crippen molar-refractivity contribution in [2.75, 3.05) is 5.32 Å². The summed E-state index contributed by atoms with van der Waals surface area (Å²) < 4.78 is 39.9. The molecular formula is C12H10FNO4S. The largest absolute Gasteiger partial charge is 0.459 e. The molecule has 0 aliphatic rings. The smallest absolute Gasteiger partial charge is 0.334 e. The standard InChI is InChI=1S/C12H10FNO4S/c1-8-6-7-18-11(8)12(15)14-9-4-2-3-5-10(9)19(13,16)17/h2-7H,1H3,(H,14,15). The second kappa shape index (κ2) is 4.85. The van der Waals surface area contributed by atoms with E-state index in [1.54, 1.807) is 13.0 Å². The second-order valence-electron chi connectivity index (χ2n) is 3.82. The van der Waals surface area contributed by atoms with Crippen LogP contribution in [0.1, 0.15) is 16.1 Å². The fourth-order valence-electron chi connectivity index (χ4n) is 1.57. The van der Waals surface area contributed by atoms with Crippen LogP contribution in [0.5, 0.6) is 0 Å². The van der Waals surface area contributed by atoms with Gasteiger partial charge in [-0.05, 0) is 25.1 Å². The van der Waals surface area contributed by atoms with Gasteiger partial charge in [0.1, 0.15) is 4.90 Å². The molecule has 7 heteroatoms. The molecule has 2 rings (SSSR count). The minimum atomic E-state index is -4.90. The van der Waals surface area contributed by atoms with Crippen LogP contribution in [0.25, 0.3) is 0 Å². The Labute approximate surface area is 109 Å². The lowest BCUT2D eigenvalue weighted by atomic mass is 10.2. The summed E-state index contributed by atoms with van der Waals surface area (Å²) in [6.45, 7) is 1.66. The monoisotopic (exact) mass is 283 g/mol. The highest BCUT2D eigenvalue weighted by molar-refractivity contribution is 7.86. The predicted octanol–water partition coefficient (Wildman–Crippen LogP) is 2.50. The van der Waals surface area contributed by atoms with E-state index in [-0.39, 0.29) is 11.4 Å². The summed E-state index contributed by atoms with van der Waals surface area (Å²) in [4.78, 5) is 11.3. The number of hydrogen-bond acceptors (Lipinski definition) is 4. The van der Waals surface area contributed by atoms with Crippen LogP contribution in [0.2, 0.25) is 0 Å². The number of nitrogens with one attached hydrogen (secondary N) is 1. The van der Waals surface area contributed by atoms with Crippen molar-refractivity contribution >= 4 is 21.8 Å². The molecule has 1 aromatic carbocycles. The van der Waals surface area contributed by atoms with Gasteiger partial charge in [-0.2, -0.15) is 8.42 Å². The van der Waals surface area contributed by atoms with Gasteiger partial charge >= 0.3 is 10.2 Å². The Bertz CT molecular complexity index is 721. The first-order valence-corrected chi connectivity index (χ1v) is 6.67. The molecule has 0 atom stereocenters. The van der Waals surface area contributed by atoms with E-state index >= 15 is 0 Å². The van der Waals surface area contributed by atoms with Crippen molar-refractivity contribution in [2.24, 2.45) is 0 Å². The number of amides is 1. The van der Waals surface area contributed by atoms with E-state index in [0.717, 1.165) is 6.07 Å². The molecule has 0 unspecified atom stereocenters.